The van der Waals surface area contributed by atoms with Crippen molar-refractivity contribution in [2.75, 3.05) is 23.7 Å². The second-order valence-corrected chi connectivity index (χ2v) is 5.47. The largest absolute Gasteiger partial charge is 0.399 e. The van der Waals surface area contributed by atoms with Crippen LogP contribution in [0.25, 0.3) is 0 Å². The van der Waals surface area contributed by atoms with Gasteiger partial charge in [-0.3, -0.25) is 4.79 Å². The monoisotopic (exact) mass is 321 g/mol. The molecule has 1 saturated heterocycles. The van der Waals surface area contributed by atoms with Crippen molar-refractivity contribution in [2.24, 2.45) is 11.7 Å². The SMILES string of the molecule is NC(=O)c1cc(N)cc(Cl)c1N1CCC(C(F)(F)F)CC1. The Labute approximate surface area is 124 Å². The molecule has 116 valence electrons. The zero-order chi connectivity index (χ0) is 15.8. The van der Waals surface area contributed by atoms with Gasteiger partial charge in [0, 0.05) is 18.8 Å². The smallest absolute Gasteiger partial charge is 0.391 e. The van der Waals surface area contributed by atoms with Gasteiger partial charge in [-0.25, -0.2) is 0 Å². The van der Waals surface area contributed by atoms with Crippen LogP contribution in [0.5, 0.6) is 0 Å². The number of benzene rings is 1. The quantitative estimate of drug-likeness (QED) is 0.823. The third kappa shape index (κ3) is 3.34. The van der Waals surface area contributed by atoms with E-state index in [-0.39, 0.29) is 42.2 Å². The highest BCUT2D eigenvalue weighted by molar-refractivity contribution is 6.34. The summed E-state index contributed by atoms with van der Waals surface area (Å²) in [5.74, 6) is -2.03. The Balaban J connectivity index is 2.26. The lowest BCUT2D eigenvalue weighted by Crippen LogP contribution is -2.40. The topological polar surface area (TPSA) is 72.3 Å². The molecule has 2 rings (SSSR count). The van der Waals surface area contributed by atoms with Gasteiger partial charge in [-0.1, -0.05) is 11.6 Å². The number of nitrogen functional groups attached to an aromatic ring is 1. The molecule has 21 heavy (non-hydrogen) atoms. The number of rotatable bonds is 2. The van der Waals surface area contributed by atoms with Crippen LogP contribution in [0, 0.1) is 5.92 Å². The lowest BCUT2D eigenvalue weighted by atomic mass is 9.95. The molecule has 0 bridgehead atoms. The van der Waals surface area contributed by atoms with Crippen LogP contribution in [0.4, 0.5) is 24.5 Å². The number of carbonyl (C=O) groups excluding carboxylic acids is 1. The normalized spacial score (nSPS) is 17.0. The summed E-state index contributed by atoms with van der Waals surface area (Å²) in [7, 11) is 0. The third-order valence-corrected chi connectivity index (χ3v) is 3.91. The molecule has 1 fully saturated rings. The van der Waals surface area contributed by atoms with E-state index in [1.54, 1.807) is 4.90 Å². The van der Waals surface area contributed by atoms with Crippen molar-refractivity contribution in [3.63, 3.8) is 0 Å². The van der Waals surface area contributed by atoms with E-state index < -0.39 is 18.0 Å². The second kappa shape index (κ2) is 5.63. The first-order chi connectivity index (χ1) is 9.70. The van der Waals surface area contributed by atoms with Crippen LogP contribution in [0.3, 0.4) is 0 Å². The molecule has 0 spiro atoms. The molecule has 1 aromatic carbocycles. The maximum atomic E-state index is 12.7. The molecule has 0 saturated carbocycles. The summed E-state index contributed by atoms with van der Waals surface area (Å²) < 4.78 is 38.0. The minimum atomic E-state index is -4.19. The number of piperidine rings is 1. The summed E-state index contributed by atoms with van der Waals surface area (Å²) in [5.41, 5.74) is 11.7. The molecule has 0 radical (unpaired) electrons. The van der Waals surface area contributed by atoms with E-state index in [2.05, 4.69) is 0 Å². The fraction of sp³-hybridized carbons (Fsp3) is 0.462. The summed E-state index contributed by atoms with van der Waals surface area (Å²) >= 11 is 6.09. The number of nitrogens with zero attached hydrogens (tertiary/aromatic N) is 1. The van der Waals surface area contributed by atoms with Crippen LogP contribution >= 0.6 is 11.6 Å². The fourth-order valence-electron chi connectivity index (χ4n) is 2.56. The van der Waals surface area contributed by atoms with Crippen molar-refractivity contribution >= 4 is 28.9 Å². The number of amides is 1. The first kappa shape index (κ1) is 15.8. The number of halogens is 4. The van der Waals surface area contributed by atoms with Gasteiger partial charge in [0.1, 0.15) is 0 Å². The Morgan fingerprint density at radius 2 is 1.86 bits per heavy atom. The predicted molar refractivity (Wildman–Crippen MR) is 75.4 cm³/mol. The summed E-state index contributed by atoms with van der Waals surface area (Å²) in [6.07, 6.45) is -4.27. The molecule has 1 aliphatic heterocycles. The van der Waals surface area contributed by atoms with Gasteiger partial charge in [-0.15, -0.1) is 0 Å². The number of primary amides is 1. The van der Waals surface area contributed by atoms with Gasteiger partial charge in [0.25, 0.3) is 5.91 Å². The number of nitrogens with two attached hydrogens (primary N) is 2. The van der Waals surface area contributed by atoms with Crippen molar-refractivity contribution in [1.82, 2.24) is 0 Å². The molecular formula is C13H15ClF3N3O. The summed E-state index contributed by atoms with van der Waals surface area (Å²) in [6, 6.07) is 2.85. The Morgan fingerprint density at radius 1 is 1.29 bits per heavy atom. The van der Waals surface area contributed by atoms with Crippen LogP contribution in [0.15, 0.2) is 12.1 Å². The van der Waals surface area contributed by atoms with E-state index in [1.807, 2.05) is 0 Å². The second-order valence-electron chi connectivity index (χ2n) is 5.07. The molecule has 8 heteroatoms. The van der Waals surface area contributed by atoms with Gasteiger partial charge in [-0.05, 0) is 25.0 Å². The first-order valence-electron chi connectivity index (χ1n) is 6.40. The summed E-state index contributed by atoms with van der Waals surface area (Å²) in [5, 5.41) is 0.217. The van der Waals surface area contributed by atoms with E-state index in [1.165, 1.54) is 12.1 Å². The van der Waals surface area contributed by atoms with Crippen LogP contribution in [0.2, 0.25) is 5.02 Å². The van der Waals surface area contributed by atoms with Crippen LogP contribution in [-0.4, -0.2) is 25.2 Å². The van der Waals surface area contributed by atoms with E-state index in [0.717, 1.165) is 0 Å². The lowest BCUT2D eigenvalue weighted by molar-refractivity contribution is -0.179. The standard InChI is InChI=1S/C13H15ClF3N3O/c14-10-6-8(18)5-9(12(19)21)11(10)20-3-1-7(2-4-20)13(15,16)17/h5-7H,1-4,18H2,(H2,19,21). The van der Waals surface area contributed by atoms with E-state index in [4.69, 9.17) is 23.1 Å². The minimum Gasteiger partial charge on any atom is -0.399 e. The van der Waals surface area contributed by atoms with Gasteiger partial charge in [0.05, 0.1) is 22.2 Å². The molecule has 1 aliphatic rings. The van der Waals surface area contributed by atoms with Gasteiger partial charge < -0.3 is 16.4 Å². The van der Waals surface area contributed by atoms with Crippen molar-refractivity contribution in [1.29, 1.82) is 0 Å². The number of hydrogen-bond acceptors (Lipinski definition) is 3. The zero-order valence-electron chi connectivity index (χ0n) is 11.1. The van der Waals surface area contributed by atoms with Crippen molar-refractivity contribution < 1.29 is 18.0 Å². The van der Waals surface area contributed by atoms with E-state index in [0.29, 0.717) is 5.69 Å². The number of hydrogen-bond donors (Lipinski definition) is 2. The Hall–Kier alpha value is -1.63. The molecule has 0 aromatic heterocycles. The molecule has 4 N–H and O–H groups in total. The van der Waals surface area contributed by atoms with E-state index >= 15 is 0 Å². The molecule has 1 amide bonds. The Kier molecular flexibility index (Phi) is 4.22. The molecule has 0 unspecified atom stereocenters. The summed E-state index contributed by atoms with van der Waals surface area (Å²) in [6.45, 7) is 0.322. The third-order valence-electron chi connectivity index (χ3n) is 3.63. The van der Waals surface area contributed by atoms with Gasteiger partial charge in [0.15, 0.2) is 0 Å². The molecule has 0 atom stereocenters. The highest BCUT2D eigenvalue weighted by atomic mass is 35.5. The van der Waals surface area contributed by atoms with Crippen molar-refractivity contribution in [3.8, 4) is 0 Å². The predicted octanol–water partition coefficient (Wildman–Crippen LogP) is 2.80. The van der Waals surface area contributed by atoms with Crippen LogP contribution in [-0.2, 0) is 0 Å². The van der Waals surface area contributed by atoms with Crippen molar-refractivity contribution in [3.05, 3.63) is 22.7 Å². The highest BCUT2D eigenvalue weighted by Crippen LogP contribution is 2.38. The first-order valence-corrected chi connectivity index (χ1v) is 6.78. The maximum absolute atomic E-state index is 12.7. The van der Waals surface area contributed by atoms with E-state index in [9.17, 15) is 18.0 Å². The van der Waals surface area contributed by atoms with Crippen LogP contribution < -0.4 is 16.4 Å². The Morgan fingerprint density at radius 3 is 2.33 bits per heavy atom. The Bertz CT molecular complexity index is 554. The van der Waals surface area contributed by atoms with Gasteiger partial charge in [0.2, 0.25) is 0 Å². The summed E-state index contributed by atoms with van der Waals surface area (Å²) in [4.78, 5) is 13.2. The van der Waals surface area contributed by atoms with Crippen LogP contribution in [0.1, 0.15) is 23.2 Å². The number of anilines is 2. The maximum Gasteiger partial charge on any atom is 0.391 e. The van der Waals surface area contributed by atoms with Gasteiger partial charge >= 0.3 is 6.18 Å². The molecule has 4 nitrogen and oxygen atoms in total. The number of carbonyl (C=O) groups is 1. The van der Waals surface area contributed by atoms with Gasteiger partial charge in [-0.2, -0.15) is 13.2 Å². The average molecular weight is 322 g/mol. The molecule has 1 aromatic rings. The molecule has 0 aliphatic carbocycles. The fourth-order valence-corrected chi connectivity index (χ4v) is 2.91. The zero-order valence-corrected chi connectivity index (χ0v) is 11.8. The van der Waals surface area contributed by atoms with Crippen molar-refractivity contribution in [2.45, 2.75) is 19.0 Å². The highest BCUT2D eigenvalue weighted by Gasteiger charge is 2.41. The molecular weight excluding hydrogens is 307 g/mol. The lowest BCUT2D eigenvalue weighted by Gasteiger charge is -2.35. The molecule has 1 heterocycles. The average Bonchev–Trinajstić information content (AvgIpc) is 2.37. The number of alkyl halides is 3. The minimum absolute atomic E-state index is 0.0393.